The summed E-state index contributed by atoms with van der Waals surface area (Å²) in [7, 11) is 1.89. The number of anilines is 1. The highest BCUT2D eigenvalue weighted by Crippen LogP contribution is 2.29. The topological polar surface area (TPSA) is 12.0 Å². The summed E-state index contributed by atoms with van der Waals surface area (Å²) in [6.07, 6.45) is 0. The van der Waals surface area contributed by atoms with Gasteiger partial charge in [0.1, 0.15) is 0 Å². The van der Waals surface area contributed by atoms with Crippen LogP contribution in [-0.2, 0) is 0 Å². The molecular formula is C7H7Br2N. The predicted molar refractivity (Wildman–Crippen MR) is 51.4 cm³/mol. The van der Waals surface area contributed by atoms with Crippen molar-refractivity contribution in [2.75, 3.05) is 12.4 Å². The number of nitrogens with one attached hydrogen (secondary N) is 1. The van der Waals surface area contributed by atoms with Crippen LogP contribution < -0.4 is 5.32 Å². The van der Waals surface area contributed by atoms with Crippen LogP contribution in [0, 0.1) is 0 Å². The Morgan fingerprint density at radius 2 is 1.70 bits per heavy atom. The Balaban J connectivity index is 3.17. The van der Waals surface area contributed by atoms with Gasteiger partial charge in [-0.15, -0.1) is 0 Å². The number of para-hydroxylation sites is 1. The minimum Gasteiger partial charge on any atom is -0.386 e. The Bertz CT molecular complexity index is 215. The lowest BCUT2D eigenvalue weighted by Gasteiger charge is -2.04. The summed E-state index contributed by atoms with van der Waals surface area (Å²) in [6, 6.07) is 5.97. The van der Waals surface area contributed by atoms with E-state index in [1.54, 1.807) is 0 Å². The third-order valence-electron chi connectivity index (χ3n) is 1.21. The van der Waals surface area contributed by atoms with Gasteiger partial charge in [-0.1, -0.05) is 6.07 Å². The number of rotatable bonds is 1. The van der Waals surface area contributed by atoms with Gasteiger partial charge in [0.25, 0.3) is 0 Å². The van der Waals surface area contributed by atoms with Crippen LogP contribution in [0.4, 0.5) is 5.69 Å². The predicted octanol–water partition coefficient (Wildman–Crippen LogP) is 3.25. The van der Waals surface area contributed by atoms with Crippen molar-refractivity contribution in [3.05, 3.63) is 27.1 Å². The molecule has 0 aliphatic rings. The third kappa shape index (κ3) is 1.52. The molecule has 1 N–H and O–H groups in total. The monoisotopic (exact) mass is 263 g/mol. The maximum Gasteiger partial charge on any atom is 0.0626 e. The van der Waals surface area contributed by atoms with E-state index >= 15 is 0 Å². The molecule has 0 aliphatic heterocycles. The number of benzene rings is 1. The van der Waals surface area contributed by atoms with E-state index in [0.29, 0.717) is 0 Å². The van der Waals surface area contributed by atoms with Crippen molar-refractivity contribution in [2.24, 2.45) is 0 Å². The molecule has 0 fully saturated rings. The van der Waals surface area contributed by atoms with Crippen LogP contribution in [0.3, 0.4) is 0 Å². The molecule has 3 heteroatoms. The molecule has 1 aromatic rings. The Hall–Kier alpha value is -0.0200. The normalized spacial score (nSPS) is 9.50. The highest BCUT2D eigenvalue weighted by atomic mass is 79.9. The van der Waals surface area contributed by atoms with E-state index in [9.17, 15) is 0 Å². The van der Waals surface area contributed by atoms with Crippen LogP contribution >= 0.6 is 31.9 Å². The van der Waals surface area contributed by atoms with Gasteiger partial charge in [0, 0.05) is 16.0 Å². The second kappa shape index (κ2) is 3.39. The van der Waals surface area contributed by atoms with Crippen LogP contribution in [0.2, 0.25) is 0 Å². The third-order valence-corrected chi connectivity index (χ3v) is 2.53. The smallest absolute Gasteiger partial charge is 0.0626 e. The molecule has 0 heterocycles. The van der Waals surface area contributed by atoms with E-state index in [1.807, 2.05) is 25.2 Å². The largest absolute Gasteiger partial charge is 0.386 e. The van der Waals surface area contributed by atoms with Crippen molar-refractivity contribution in [3.63, 3.8) is 0 Å². The zero-order valence-corrected chi connectivity index (χ0v) is 8.66. The average molecular weight is 265 g/mol. The molecule has 0 spiro atoms. The summed E-state index contributed by atoms with van der Waals surface area (Å²) in [5.74, 6) is 0. The van der Waals surface area contributed by atoms with Gasteiger partial charge in [0.15, 0.2) is 0 Å². The van der Waals surface area contributed by atoms with Crippen molar-refractivity contribution >= 4 is 37.5 Å². The van der Waals surface area contributed by atoms with Crippen molar-refractivity contribution in [1.29, 1.82) is 0 Å². The number of halogens is 2. The Labute approximate surface area is 77.1 Å². The lowest BCUT2D eigenvalue weighted by Crippen LogP contribution is -1.89. The minimum absolute atomic E-state index is 1.07. The van der Waals surface area contributed by atoms with Gasteiger partial charge < -0.3 is 5.32 Å². The second-order valence-corrected chi connectivity index (χ2v) is 3.56. The number of hydrogen-bond donors (Lipinski definition) is 1. The van der Waals surface area contributed by atoms with Gasteiger partial charge in [-0.25, -0.2) is 0 Å². The van der Waals surface area contributed by atoms with Crippen molar-refractivity contribution in [3.8, 4) is 0 Å². The first kappa shape index (κ1) is 8.08. The van der Waals surface area contributed by atoms with Gasteiger partial charge in [0.2, 0.25) is 0 Å². The molecule has 0 aromatic heterocycles. The van der Waals surface area contributed by atoms with Crippen LogP contribution in [-0.4, -0.2) is 7.05 Å². The molecule has 54 valence electrons. The number of hydrogen-bond acceptors (Lipinski definition) is 1. The van der Waals surface area contributed by atoms with E-state index in [0.717, 1.165) is 14.6 Å². The van der Waals surface area contributed by atoms with Crippen molar-refractivity contribution in [2.45, 2.75) is 0 Å². The Morgan fingerprint density at radius 1 is 1.20 bits per heavy atom. The van der Waals surface area contributed by atoms with E-state index in [1.165, 1.54) is 0 Å². The fraction of sp³-hybridized carbons (Fsp3) is 0.143. The van der Waals surface area contributed by atoms with Gasteiger partial charge in [-0.05, 0) is 44.0 Å². The van der Waals surface area contributed by atoms with Crippen molar-refractivity contribution < 1.29 is 0 Å². The summed E-state index contributed by atoms with van der Waals surface area (Å²) < 4.78 is 2.15. The summed E-state index contributed by atoms with van der Waals surface area (Å²) >= 11 is 6.83. The fourth-order valence-electron chi connectivity index (χ4n) is 0.737. The SMILES string of the molecule is CNc1c(Br)cccc1Br. The molecule has 0 saturated carbocycles. The summed E-state index contributed by atoms with van der Waals surface area (Å²) in [5, 5.41) is 3.07. The molecule has 0 bridgehead atoms. The first-order valence-corrected chi connectivity index (χ1v) is 4.46. The van der Waals surface area contributed by atoms with Gasteiger partial charge in [-0.3, -0.25) is 0 Å². The molecule has 0 unspecified atom stereocenters. The first-order chi connectivity index (χ1) is 4.75. The highest BCUT2D eigenvalue weighted by molar-refractivity contribution is 9.11. The van der Waals surface area contributed by atoms with Crippen LogP contribution in [0.15, 0.2) is 27.1 Å². The van der Waals surface area contributed by atoms with Gasteiger partial charge >= 0.3 is 0 Å². The zero-order chi connectivity index (χ0) is 7.56. The van der Waals surface area contributed by atoms with Gasteiger partial charge in [0.05, 0.1) is 5.69 Å². The molecule has 1 aromatic carbocycles. The molecule has 10 heavy (non-hydrogen) atoms. The summed E-state index contributed by atoms with van der Waals surface area (Å²) in [4.78, 5) is 0. The molecule has 0 atom stereocenters. The minimum atomic E-state index is 1.07. The molecule has 1 nitrogen and oxygen atoms in total. The maximum absolute atomic E-state index is 3.41. The molecule has 0 radical (unpaired) electrons. The second-order valence-electron chi connectivity index (χ2n) is 1.85. The molecule has 0 aliphatic carbocycles. The van der Waals surface area contributed by atoms with E-state index in [-0.39, 0.29) is 0 Å². The molecular weight excluding hydrogens is 258 g/mol. The average Bonchev–Trinajstić information content (AvgIpc) is 1.88. The van der Waals surface area contributed by atoms with Gasteiger partial charge in [-0.2, -0.15) is 0 Å². The molecule has 0 saturated heterocycles. The highest BCUT2D eigenvalue weighted by Gasteiger charge is 1.99. The molecule has 1 rings (SSSR count). The first-order valence-electron chi connectivity index (χ1n) is 2.87. The lowest BCUT2D eigenvalue weighted by atomic mass is 10.3. The maximum atomic E-state index is 3.41. The van der Waals surface area contributed by atoms with Crippen LogP contribution in [0.25, 0.3) is 0 Å². The Morgan fingerprint density at radius 3 is 2.00 bits per heavy atom. The fourth-order valence-corrected chi connectivity index (χ4v) is 2.13. The van der Waals surface area contributed by atoms with E-state index in [2.05, 4.69) is 37.2 Å². The van der Waals surface area contributed by atoms with E-state index < -0.39 is 0 Å². The quantitative estimate of drug-likeness (QED) is 0.821. The van der Waals surface area contributed by atoms with Crippen LogP contribution in [0.5, 0.6) is 0 Å². The molecule has 0 amide bonds. The summed E-state index contributed by atoms with van der Waals surface area (Å²) in [5.41, 5.74) is 1.09. The lowest BCUT2D eigenvalue weighted by molar-refractivity contribution is 1.46. The standard InChI is InChI=1S/C7H7Br2N/c1-10-7-5(8)3-2-4-6(7)9/h2-4,10H,1H3. The van der Waals surface area contributed by atoms with Crippen LogP contribution in [0.1, 0.15) is 0 Å². The van der Waals surface area contributed by atoms with E-state index in [4.69, 9.17) is 0 Å². The Kier molecular flexibility index (Phi) is 2.74. The zero-order valence-electron chi connectivity index (χ0n) is 5.49. The van der Waals surface area contributed by atoms with Crippen molar-refractivity contribution in [1.82, 2.24) is 0 Å². The summed E-state index contributed by atoms with van der Waals surface area (Å²) in [6.45, 7) is 0.